The molecule has 0 aromatic heterocycles. The van der Waals surface area contributed by atoms with E-state index in [9.17, 15) is 4.79 Å². The Morgan fingerprint density at radius 1 is 1.35 bits per heavy atom. The lowest BCUT2D eigenvalue weighted by Gasteiger charge is -2.33. The van der Waals surface area contributed by atoms with E-state index < -0.39 is 5.60 Å². The SMILES string of the molecule is CC(C)(C)OC(=O)N1CCC(Oc2ccc(Br)c(C#N)c2)CC1. The normalized spacial score (nSPS) is 15.9. The average Bonchev–Trinajstić information content (AvgIpc) is 2.48. The molecule has 1 aromatic carbocycles. The van der Waals surface area contributed by atoms with Gasteiger partial charge in [-0.1, -0.05) is 0 Å². The van der Waals surface area contributed by atoms with Gasteiger partial charge >= 0.3 is 6.09 Å². The lowest BCUT2D eigenvalue weighted by Crippen LogP contribution is -2.44. The van der Waals surface area contributed by atoms with Gasteiger partial charge in [0.1, 0.15) is 23.5 Å². The van der Waals surface area contributed by atoms with E-state index in [-0.39, 0.29) is 12.2 Å². The Morgan fingerprint density at radius 2 is 2.00 bits per heavy atom. The number of ether oxygens (including phenoxy) is 2. The van der Waals surface area contributed by atoms with E-state index in [0.717, 1.165) is 17.3 Å². The van der Waals surface area contributed by atoms with Gasteiger partial charge in [-0.25, -0.2) is 4.79 Å². The van der Waals surface area contributed by atoms with E-state index in [4.69, 9.17) is 14.7 Å². The van der Waals surface area contributed by atoms with Crippen molar-refractivity contribution >= 4 is 22.0 Å². The molecule has 1 saturated heterocycles. The van der Waals surface area contributed by atoms with E-state index in [2.05, 4.69) is 22.0 Å². The number of nitriles is 1. The summed E-state index contributed by atoms with van der Waals surface area (Å²) in [7, 11) is 0. The molecule has 0 N–H and O–H groups in total. The average molecular weight is 381 g/mol. The molecular formula is C17H21BrN2O3. The summed E-state index contributed by atoms with van der Waals surface area (Å²) in [6.07, 6.45) is 1.27. The first kappa shape index (κ1) is 17.6. The second-order valence-corrected chi connectivity index (χ2v) is 7.39. The van der Waals surface area contributed by atoms with E-state index in [1.165, 1.54) is 0 Å². The fourth-order valence-corrected chi connectivity index (χ4v) is 2.67. The molecule has 0 spiro atoms. The first-order chi connectivity index (χ1) is 10.8. The smallest absolute Gasteiger partial charge is 0.410 e. The molecule has 0 aliphatic carbocycles. The minimum Gasteiger partial charge on any atom is -0.490 e. The van der Waals surface area contributed by atoms with Crippen molar-refractivity contribution in [3.05, 3.63) is 28.2 Å². The van der Waals surface area contributed by atoms with Crippen LogP contribution >= 0.6 is 15.9 Å². The summed E-state index contributed by atoms with van der Waals surface area (Å²) in [5, 5.41) is 9.04. The first-order valence-corrected chi connectivity index (χ1v) is 8.42. The molecule has 1 heterocycles. The van der Waals surface area contributed by atoms with Gasteiger partial charge in [0.15, 0.2) is 0 Å². The Kier molecular flexibility index (Phi) is 5.53. The van der Waals surface area contributed by atoms with Crippen LogP contribution in [0.1, 0.15) is 39.2 Å². The van der Waals surface area contributed by atoms with Crippen LogP contribution in [0, 0.1) is 11.3 Å². The van der Waals surface area contributed by atoms with Crippen LogP contribution in [0.15, 0.2) is 22.7 Å². The maximum Gasteiger partial charge on any atom is 0.410 e. The third-order valence-electron chi connectivity index (χ3n) is 3.45. The Hall–Kier alpha value is -1.74. The van der Waals surface area contributed by atoms with Crippen LogP contribution in [0.25, 0.3) is 0 Å². The molecule has 5 nitrogen and oxygen atoms in total. The maximum atomic E-state index is 12.0. The molecule has 1 fully saturated rings. The number of hydrogen-bond acceptors (Lipinski definition) is 4. The lowest BCUT2D eigenvalue weighted by atomic mass is 10.1. The minimum atomic E-state index is -0.477. The highest BCUT2D eigenvalue weighted by Crippen LogP contribution is 2.25. The highest BCUT2D eigenvalue weighted by Gasteiger charge is 2.27. The van der Waals surface area contributed by atoms with Crippen molar-refractivity contribution < 1.29 is 14.3 Å². The van der Waals surface area contributed by atoms with Crippen LogP contribution in [0.3, 0.4) is 0 Å². The predicted octanol–water partition coefficient (Wildman–Crippen LogP) is 4.10. The number of amides is 1. The third kappa shape index (κ3) is 5.14. The number of nitrogens with zero attached hydrogens (tertiary/aromatic N) is 2. The summed E-state index contributed by atoms with van der Waals surface area (Å²) in [4.78, 5) is 13.7. The summed E-state index contributed by atoms with van der Waals surface area (Å²) >= 11 is 3.33. The molecule has 1 aliphatic rings. The van der Waals surface area contributed by atoms with Gasteiger partial charge in [-0.3, -0.25) is 0 Å². The summed E-state index contributed by atoms with van der Waals surface area (Å²) in [6, 6.07) is 7.49. The zero-order valence-corrected chi connectivity index (χ0v) is 15.2. The van der Waals surface area contributed by atoms with E-state index >= 15 is 0 Å². The minimum absolute atomic E-state index is 0.0430. The van der Waals surface area contributed by atoms with Crippen molar-refractivity contribution in [2.45, 2.75) is 45.3 Å². The number of rotatable bonds is 2. The van der Waals surface area contributed by atoms with Crippen LogP contribution in [0.4, 0.5) is 4.79 Å². The Bertz CT molecular complexity index is 611. The second-order valence-electron chi connectivity index (χ2n) is 6.54. The Morgan fingerprint density at radius 3 is 2.57 bits per heavy atom. The summed E-state index contributed by atoms with van der Waals surface area (Å²) in [5.41, 5.74) is 0.0731. The molecule has 0 bridgehead atoms. The number of hydrogen-bond donors (Lipinski definition) is 0. The number of carbonyl (C=O) groups is 1. The van der Waals surface area contributed by atoms with E-state index in [0.29, 0.717) is 24.4 Å². The van der Waals surface area contributed by atoms with Crippen LogP contribution in [0.2, 0.25) is 0 Å². The molecule has 1 amide bonds. The van der Waals surface area contributed by atoms with Crippen LogP contribution in [0.5, 0.6) is 5.75 Å². The highest BCUT2D eigenvalue weighted by atomic mass is 79.9. The molecular weight excluding hydrogens is 360 g/mol. The fraction of sp³-hybridized carbons (Fsp3) is 0.529. The number of halogens is 1. The quantitative estimate of drug-likeness (QED) is 0.774. The predicted molar refractivity (Wildman–Crippen MR) is 90.3 cm³/mol. The second kappa shape index (κ2) is 7.22. The van der Waals surface area contributed by atoms with Gasteiger partial charge in [0.25, 0.3) is 0 Å². The lowest BCUT2D eigenvalue weighted by molar-refractivity contribution is 0.0126. The standard InChI is InChI=1S/C17H21BrN2O3/c1-17(2,3)23-16(21)20-8-6-13(7-9-20)22-14-4-5-15(18)12(10-14)11-19/h4-5,10,13H,6-9H2,1-3H3. The van der Waals surface area contributed by atoms with Crippen molar-refractivity contribution in [2.75, 3.05) is 13.1 Å². The molecule has 0 unspecified atom stereocenters. The zero-order valence-electron chi connectivity index (χ0n) is 13.6. The molecule has 0 saturated carbocycles. The van der Waals surface area contributed by atoms with Crippen molar-refractivity contribution in [2.24, 2.45) is 0 Å². The Balaban J connectivity index is 1.88. The van der Waals surface area contributed by atoms with E-state index in [1.54, 1.807) is 11.0 Å². The molecule has 23 heavy (non-hydrogen) atoms. The van der Waals surface area contributed by atoms with Crippen molar-refractivity contribution in [3.8, 4) is 11.8 Å². The third-order valence-corrected chi connectivity index (χ3v) is 4.15. The number of likely N-dealkylation sites (tertiary alicyclic amines) is 1. The zero-order chi connectivity index (χ0) is 17.0. The summed E-state index contributed by atoms with van der Waals surface area (Å²) < 4.78 is 12.1. The molecule has 0 radical (unpaired) electrons. The first-order valence-electron chi connectivity index (χ1n) is 7.63. The van der Waals surface area contributed by atoms with Gasteiger partial charge in [0.2, 0.25) is 0 Å². The highest BCUT2D eigenvalue weighted by molar-refractivity contribution is 9.10. The summed E-state index contributed by atoms with van der Waals surface area (Å²) in [5.74, 6) is 0.681. The van der Waals surface area contributed by atoms with Crippen molar-refractivity contribution in [3.63, 3.8) is 0 Å². The van der Waals surface area contributed by atoms with Gasteiger partial charge in [-0.05, 0) is 54.9 Å². The molecule has 2 rings (SSSR count). The van der Waals surface area contributed by atoms with Crippen molar-refractivity contribution in [1.29, 1.82) is 5.26 Å². The van der Waals surface area contributed by atoms with Crippen LogP contribution < -0.4 is 4.74 Å². The topological polar surface area (TPSA) is 62.6 Å². The number of benzene rings is 1. The van der Waals surface area contributed by atoms with Gasteiger partial charge in [-0.15, -0.1) is 0 Å². The maximum absolute atomic E-state index is 12.0. The monoisotopic (exact) mass is 380 g/mol. The van der Waals surface area contributed by atoms with E-state index in [1.807, 2.05) is 32.9 Å². The fourth-order valence-electron chi connectivity index (χ4n) is 2.34. The number of carbonyl (C=O) groups excluding carboxylic acids is 1. The van der Waals surface area contributed by atoms with Crippen LogP contribution in [-0.2, 0) is 4.74 Å². The van der Waals surface area contributed by atoms with Gasteiger partial charge in [0.05, 0.1) is 5.56 Å². The van der Waals surface area contributed by atoms with Crippen LogP contribution in [-0.4, -0.2) is 35.8 Å². The van der Waals surface area contributed by atoms with Crippen molar-refractivity contribution in [1.82, 2.24) is 4.90 Å². The molecule has 1 aliphatic heterocycles. The Labute approximate surface area is 145 Å². The molecule has 1 aromatic rings. The molecule has 0 atom stereocenters. The molecule has 6 heteroatoms. The van der Waals surface area contributed by atoms with Gasteiger partial charge < -0.3 is 14.4 Å². The van der Waals surface area contributed by atoms with Gasteiger partial charge in [-0.2, -0.15) is 5.26 Å². The summed E-state index contributed by atoms with van der Waals surface area (Å²) in [6.45, 7) is 6.81. The molecule has 124 valence electrons. The largest absolute Gasteiger partial charge is 0.490 e. The number of piperidine rings is 1. The van der Waals surface area contributed by atoms with Gasteiger partial charge in [0, 0.05) is 30.4 Å².